The summed E-state index contributed by atoms with van der Waals surface area (Å²) in [7, 11) is 0. The lowest BCUT2D eigenvalue weighted by Crippen LogP contribution is -2.50. The molecule has 0 unspecified atom stereocenters. The van der Waals surface area contributed by atoms with Gasteiger partial charge in [0.1, 0.15) is 12.1 Å². The molecule has 8 nitrogen and oxygen atoms in total. The first-order valence-electron chi connectivity index (χ1n) is 8.03. The average Bonchev–Trinajstić information content (AvgIpc) is 3.12. The first kappa shape index (κ1) is 16.2. The van der Waals surface area contributed by atoms with Crippen molar-refractivity contribution in [1.29, 1.82) is 0 Å². The van der Waals surface area contributed by atoms with Crippen molar-refractivity contribution in [2.45, 2.75) is 0 Å². The summed E-state index contributed by atoms with van der Waals surface area (Å²) in [5, 5.41) is 14.7. The monoisotopic (exact) mass is 359 g/mol. The number of benzene rings is 1. The minimum absolute atomic E-state index is 0.219. The summed E-state index contributed by atoms with van der Waals surface area (Å²) in [5.74, 6) is -1.17. The Kier molecular flexibility index (Phi) is 4.07. The standard InChI is InChI=1S/C16H15F2N7O/c17-12-2-1-11(9-13(12)18)20-16(26)24-7-5-23(6-8-24)15-4-3-14-21-19-10-25(14)22-15/h1-4,9-10H,5-8H2,(H,20,26). The van der Waals surface area contributed by atoms with Crippen LogP contribution in [0, 0.1) is 11.6 Å². The number of carbonyl (C=O) groups is 1. The highest BCUT2D eigenvalue weighted by Gasteiger charge is 2.22. The molecular formula is C16H15F2N7O. The average molecular weight is 359 g/mol. The maximum absolute atomic E-state index is 13.2. The van der Waals surface area contributed by atoms with Gasteiger partial charge in [-0.2, -0.15) is 4.52 Å². The molecule has 1 aliphatic heterocycles. The highest BCUT2D eigenvalue weighted by Crippen LogP contribution is 2.16. The molecule has 134 valence electrons. The quantitative estimate of drug-likeness (QED) is 0.754. The Hall–Kier alpha value is -3.30. The van der Waals surface area contributed by atoms with Gasteiger partial charge in [-0.3, -0.25) is 0 Å². The Bertz CT molecular complexity index is 953. The summed E-state index contributed by atoms with van der Waals surface area (Å²) in [4.78, 5) is 16.0. The predicted octanol–water partition coefficient (Wildman–Crippen LogP) is 1.76. The van der Waals surface area contributed by atoms with Crippen LogP contribution >= 0.6 is 0 Å². The van der Waals surface area contributed by atoms with E-state index in [1.54, 1.807) is 9.42 Å². The van der Waals surface area contributed by atoms with Crippen molar-refractivity contribution in [3.05, 3.63) is 48.3 Å². The molecule has 1 fully saturated rings. The molecule has 1 aliphatic rings. The van der Waals surface area contributed by atoms with Crippen LogP contribution < -0.4 is 10.2 Å². The lowest BCUT2D eigenvalue weighted by Gasteiger charge is -2.35. The second kappa shape index (κ2) is 6.54. The fourth-order valence-electron chi connectivity index (χ4n) is 2.80. The Morgan fingerprint density at radius 3 is 2.62 bits per heavy atom. The predicted molar refractivity (Wildman–Crippen MR) is 89.9 cm³/mol. The molecule has 0 spiro atoms. The molecule has 0 bridgehead atoms. The summed E-state index contributed by atoms with van der Waals surface area (Å²) in [6.07, 6.45) is 1.53. The number of amides is 2. The van der Waals surface area contributed by atoms with Crippen LogP contribution in [0.2, 0.25) is 0 Å². The minimum Gasteiger partial charge on any atom is -0.352 e. The van der Waals surface area contributed by atoms with Gasteiger partial charge in [-0.25, -0.2) is 13.6 Å². The first-order valence-corrected chi connectivity index (χ1v) is 8.03. The number of urea groups is 1. The van der Waals surface area contributed by atoms with E-state index < -0.39 is 11.6 Å². The van der Waals surface area contributed by atoms with Crippen LogP contribution in [-0.2, 0) is 0 Å². The molecule has 0 atom stereocenters. The van der Waals surface area contributed by atoms with Crippen molar-refractivity contribution >= 4 is 23.2 Å². The number of fused-ring (bicyclic) bond motifs is 1. The Morgan fingerprint density at radius 1 is 1.04 bits per heavy atom. The van der Waals surface area contributed by atoms with Crippen molar-refractivity contribution in [3.8, 4) is 0 Å². The molecule has 26 heavy (non-hydrogen) atoms. The van der Waals surface area contributed by atoms with Gasteiger partial charge in [0.2, 0.25) is 0 Å². The molecule has 0 radical (unpaired) electrons. The van der Waals surface area contributed by atoms with Gasteiger partial charge in [-0.1, -0.05) is 0 Å². The van der Waals surface area contributed by atoms with E-state index in [-0.39, 0.29) is 11.7 Å². The third kappa shape index (κ3) is 3.13. The zero-order valence-electron chi connectivity index (χ0n) is 13.6. The molecule has 1 N–H and O–H groups in total. The van der Waals surface area contributed by atoms with E-state index in [9.17, 15) is 13.6 Å². The number of aromatic nitrogens is 4. The van der Waals surface area contributed by atoms with Crippen molar-refractivity contribution in [2.75, 3.05) is 36.4 Å². The van der Waals surface area contributed by atoms with Gasteiger partial charge in [0.15, 0.2) is 17.3 Å². The summed E-state index contributed by atoms with van der Waals surface area (Å²) in [5.41, 5.74) is 0.884. The highest BCUT2D eigenvalue weighted by atomic mass is 19.2. The minimum atomic E-state index is -0.997. The highest BCUT2D eigenvalue weighted by molar-refractivity contribution is 5.89. The maximum Gasteiger partial charge on any atom is 0.321 e. The Labute approximate surface area is 147 Å². The molecule has 2 aromatic heterocycles. The fraction of sp³-hybridized carbons (Fsp3) is 0.250. The van der Waals surface area contributed by atoms with E-state index in [2.05, 4.69) is 25.5 Å². The van der Waals surface area contributed by atoms with Crippen LogP contribution in [0.1, 0.15) is 0 Å². The maximum atomic E-state index is 13.2. The molecule has 0 aliphatic carbocycles. The molecule has 4 rings (SSSR count). The molecule has 3 aromatic rings. The van der Waals surface area contributed by atoms with Crippen LogP contribution in [0.15, 0.2) is 36.7 Å². The van der Waals surface area contributed by atoms with Gasteiger partial charge >= 0.3 is 6.03 Å². The molecule has 1 saturated heterocycles. The third-order valence-corrected chi connectivity index (χ3v) is 4.21. The fourth-order valence-corrected chi connectivity index (χ4v) is 2.80. The number of piperazine rings is 1. The number of nitrogens with zero attached hydrogens (tertiary/aromatic N) is 6. The summed E-state index contributed by atoms with van der Waals surface area (Å²) >= 11 is 0. The van der Waals surface area contributed by atoms with Crippen molar-refractivity contribution < 1.29 is 13.6 Å². The lowest BCUT2D eigenvalue weighted by atomic mass is 10.3. The zero-order chi connectivity index (χ0) is 18.1. The van der Waals surface area contributed by atoms with Crippen molar-refractivity contribution in [1.82, 2.24) is 24.7 Å². The van der Waals surface area contributed by atoms with Crippen LogP contribution in [-0.4, -0.2) is 56.9 Å². The van der Waals surface area contributed by atoms with Crippen molar-refractivity contribution in [2.24, 2.45) is 0 Å². The van der Waals surface area contributed by atoms with E-state index in [1.807, 2.05) is 12.1 Å². The topological polar surface area (TPSA) is 78.7 Å². The second-order valence-corrected chi connectivity index (χ2v) is 5.86. The molecule has 10 heteroatoms. The molecule has 2 amide bonds. The van der Waals surface area contributed by atoms with Crippen LogP contribution in [0.3, 0.4) is 0 Å². The number of halogens is 2. The smallest absolute Gasteiger partial charge is 0.321 e. The molecule has 1 aromatic carbocycles. The van der Waals surface area contributed by atoms with Gasteiger partial charge in [0, 0.05) is 37.9 Å². The Balaban J connectivity index is 1.37. The van der Waals surface area contributed by atoms with Gasteiger partial charge in [0.05, 0.1) is 0 Å². The summed E-state index contributed by atoms with van der Waals surface area (Å²) in [6.45, 7) is 2.17. The normalized spacial score (nSPS) is 14.7. The Morgan fingerprint density at radius 2 is 1.85 bits per heavy atom. The first-order chi connectivity index (χ1) is 12.6. The number of anilines is 2. The largest absolute Gasteiger partial charge is 0.352 e. The number of carbonyl (C=O) groups excluding carboxylic acids is 1. The van der Waals surface area contributed by atoms with Crippen LogP contribution in [0.25, 0.3) is 5.65 Å². The van der Waals surface area contributed by atoms with Gasteiger partial charge in [0.25, 0.3) is 0 Å². The van der Waals surface area contributed by atoms with Gasteiger partial charge in [-0.15, -0.1) is 15.3 Å². The van der Waals surface area contributed by atoms with Crippen LogP contribution in [0.5, 0.6) is 0 Å². The summed E-state index contributed by atoms with van der Waals surface area (Å²) in [6, 6.07) is 6.61. The summed E-state index contributed by atoms with van der Waals surface area (Å²) < 4.78 is 27.8. The second-order valence-electron chi connectivity index (χ2n) is 5.86. The number of hydrogen-bond donors (Lipinski definition) is 1. The number of rotatable bonds is 2. The zero-order valence-corrected chi connectivity index (χ0v) is 13.6. The lowest BCUT2D eigenvalue weighted by molar-refractivity contribution is 0.208. The SMILES string of the molecule is O=C(Nc1ccc(F)c(F)c1)N1CCN(c2ccc3nncn3n2)CC1. The van der Waals surface area contributed by atoms with E-state index >= 15 is 0 Å². The van der Waals surface area contributed by atoms with Gasteiger partial charge in [-0.05, 0) is 24.3 Å². The molecular weight excluding hydrogens is 344 g/mol. The van der Waals surface area contributed by atoms with Crippen molar-refractivity contribution in [3.63, 3.8) is 0 Å². The number of hydrogen-bond acceptors (Lipinski definition) is 5. The van der Waals surface area contributed by atoms with E-state index in [0.717, 1.165) is 18.0 Å². The number of nitrogens with one attached hydrogen (secondary N) is 1. The molecule has 3 heterocycles. The molecule has 0 saturated carbocycles. The third-order valence-electron chi connectivity index (χ3n) is 4.21. The van der Waals surface area contributed by atoms with Gasteiger partial charge < -0.3 is 15.1 Å². The van der Waals surface area contributed by atoms with Crippen LogP contribution in [0.4, 0.5) is 25.1 Å². The van der Waals surface area contributed by atoms with E-state index in [0.29, 0.717) is 31.8 Å². The van der Waals surface area contributed by atoms with E-state index in [4.69, 9.17) is 0 Å². The van der Waals surface area contributed by atoms with E-state index in [1.165, 1.54) is 12.4 Å².